The van der Waals surface area contributed by atoms with E-state index in [4.69, 9.17) is 5.10 Å². The second kappa shape index (κ2) is 10.7. The molecule has 1 aromatic heterocycles. The van der Waals surface area contributed by atoms with Gasteiger partial charge in [0.1, 0.15) is 5.82 Å². The summed E-state index contributed by atoms with van der Waals surface area (Å²) in [5.74, 6) is 3.31. The fourth-order valence-electron chi connectivity index (χ4n) is 5.56. The van der Waals surface area contributed by atoms with E-state index in [0.717, 1.165) is 30.5 Å². The third-order valence-corrected chi connectivity index (χ3v) is 7.57. The topological polar surface area (TPSA) is 39.6 Å². The van der Waals surface area contributed by atoms with Crippen molar-refractivity contribution in [3.63, 3.8) is 0 Å². The molecule has 0 spiro atoms. The maximum atomic E-state index is 4.88. The Morgan fingerprint density at radius 2 is 1.88 bits per heavy atom. The highest BCUT2D eigenvalue weighted by Gasteiger charge is 2.25. The molecule has 2 aliphatic heterocycles. The summed E-state index contributed by atoms with van der Waals surface area (Å²) in [5.41, 5.74) is 2.66. The number of benzene rings is 1. The van der Waals surface area contributed by atoms with Gasteiger partial charge in [-0.2, -0.15) is 5.10 Å². The van der Waals surface area contributed by atoms with Crippen molar-refractivity contribution in [2.45, 2.75) is 44.9 Å². The van der Waals surface area contributed by atoms with Crippen molar-refractivity contribution in [1.29, 1.82) is 0 Å². The van der Waals surface area contributed by atoms with E-state index in [0.29, 0.717) is 5.92 Å². The Kier molecular flexibility index (Phi) is 7.76. The van der Waals surface area contributed by atoms with Crippen LogP contribution in [-0.2, 0) is 7.05 Å². The molecular formula is C27H42N6. The maximum absolute atomic E-state index is 4.88. The molecule has 4 rings (SSSR count). The Bertz CT molecular complexity index is 947. The summed E-state index contributed by atoms with van der Waals surface area (Å²) in [6.45, 7) is 17.3. The molecule has 2 aliphatic rings. The standard InChI is InChI=1S/C27H42N6/c1-6-14-33(21(3)28-7-2)27-25-9-8-24(19-26(25)31(5)29-27)23-12-17-32(18-13-23)20-22-10-15-30(4)16-11-22/h7-9,19,22-23,28H,2-3,6,10-18,20H2,1,4-5H3. The van der Waals surface area contributed by atoms with Crippen LogP contribution in [0.15, 0.2) is 43.4 Å². The molecule has 0 unspecified atom stereocenters. The normalized spacial score (nSPS) is 19.1. The van der Waals surface area contributed by atoms with Crippen LogP contribution in [0.4, 0.5) is 5.82 Å². The second-order valence-corrected chi connectivity index (χ2v) is 9.99. The van der Waals surface area contributed by atoms with Gasteiger partial charge in [-0.1, -0.05) is 26.1 Å². The number of piperidine rings is 2. The SMILES string of the molecule is C=CNC(=C)N(CCC)c1nn(C)c2cc(C3CCN(CC4CCN(C)CC4)CC3)ccc12. The molecule has 6 heteroatoms. The molecule has 0 atom stereocenters. The lowest BCUT2D eigenvalue weighted by molar-refractivity contribution is 0.139. The van der Waals surface area contributed by atoms with E-state index in [9.17, 15) is 0 Å². The molecule has 0 bridgehead atoms. The zero-order valence-electron chi connectivity index (χ0n) is 20.9. The van der Waals surface area contributed by atoms with Crippen molar-refractivity contribution in [1.82, 2.24) is 24.9 Å². The summed E-state index contributed by atoms with van der Waals surface area (Å²) < 4.78 is 2.02. The van der Waals surface area contributed by atoms with Gasteiger partial charge in [-0.25, -0.2) is 0 Å². The average molecular weight is 451 g/mol. The number of anilines is 1. The molecule has 0 amide bonds. The van der Waals surface area contributed by atoms with Crippen molar-refractivity contribution in [3.05, 3.63) is 48.9 Å². The first kappa shape index (κ1) is 23.8. The van der Waals surface area contributed by atoms with Gasteiger partial charge in [0.25, 0.3) is 0 Å². The summed E-state index contributed by atoms with van der Waals surface area (Å²) in [6, 6.07) is 6.97. The number of aromatic nitrogens is 2. The Morgan fingerprint density at radius 1 is 1.15 bits per heavy atom. The molecule has 1 aromatic carbocycles. The number of nitrogens with one attached hydrogen (secondary N) is 1. The highest BCUT2D eigenvalue weighted by Crippen LogP contribution is 2.34. The van der Waals surface area contributed by atoms with Gasteiger partial charge in [0.05, 0.1) is 5.52 Å². The molecule has 3 heterocycles. The molecule has 6 nitrogen and oxygen atoms in total. The number of aryl methyl sites for hydroxylation is 1. The summed E-state index contributed by atoms with van der Waals surface area (Å²) in [5, 5.41) is 9.20. The first-order chi connectivity index (χ1) is 16.0. The average Bonchev–Trinajstić information content (AvgIpc) is 3.15. The van der Waals surface area contributed by atoms with Gasteiger partial charge in [-0.05, 0) is 101 Å². The first-order valence-corrected chi connectivity index (χ1v) is 12.7. The molecule has 2 saturated heterocycles. The van der Waals surface area contributed by atoms with Crippen LogP contribution in [0.2, 0.25) is 0 Å². The summed E-state index contributed by atoms with van der Waals surface area (Å²) in [4.78, 5) is 7.34. The predicted octanol–water partition coefficient (Wildman–Crippen LogP) is 4.52. The van der Waals surface area contributed by atoms with Crippen LogP contribution in [0.5, 0.6) is 0 Å². The summed E-state index contributed by atoms with van der Waals surface area (Å²) in [6.07, 6.45) is 7.92. The van der Waals surface area contributed by atoms with E-state index in [2.05, 4.69) is 65.3 Å². The highest BCUT2D eigenvalue weighted by atomic mass is 15.4. The van der Waals surface area contributed by atoms with E-state index < -0.39 is 0 Å². The number of likely N-dealkylation sites (tertiary alicyclic amines) is 2. The number of hydrogen-bond donors (Lipinski definition) is 1. The Balaban J connectivity index is 1.44. The molecule has 0 aliphatic carbocycles. The molecule has 2 fully saturated rings. The van der Waals surface area contributed by atoms with Crippen molar-refractivity contribution in [2.24, 2.45) is 13.0 Å². The van der Waals surface area contributed by atoms with Gasteiger partial charge in [-0.3, -0.25) is 4.68 Å². The van der Waals surface area contributed by atoms with Crippen LogP contribution in [-0.4, -0.2) is 65.9 Å². The number of nitrogens with zero attached hydrogens (tertiary/aromatic N) is 5. The minimum Gasteiger partial charge on any atom is -0.349 e. The van der Waals surface area contributed by atoms with Crippen LogP contribution in [0.3, 0.4) is 0 Å². The lowest BCUT2D eigenvalue weighted by Gasteiger charge is -2.37. The first-order valence-electron chi connectivity index (χ1n) is 12.7. The van der Waals surface area contributed by atoms with E-state index in [1.807, 2.05) is 11.7 Å². The molecule has 0 saturated carbocycles. The highest BCUT2D eigenvalue weighted by molar-refractivity contribution is 5.92. The van der Waals surface area contributed by atoms with Crippen molar-refractivity contribution in [2.75, 3.05) is 51.2 Å². The number of rotatable bonds is 9. The van der Waals surface area contributed by atoms with Crippen molar-refractivity contribution < 1.29 is 0 Å². The predicted molar refractivity (Wildman–Crippen MR) is 139 cm³/mol. The van der Waals surface area contributed by atoms with Gasteiger partial charge in [0.15, 0.2) is 5.82 Å². The number of fused-ring (bicyclic) bond motifs is 1. The fourth-order valence-corrected chi connectivity index (χ4v) is 5.56. The Labute approximate surface area is 199 Å². The molecule has 2 aromatic rings. The van der Waals surface area contributed by atoms with E-state index in [-0.39, 0.29) is 0 Å². The van der Waals surface area contributed by atoms with Crippen molar-refractivity contribution >= 4 is 16.7 Å². The van der Waals surface area contributed by atoms with E-state index in [1.165, 1.54) is 74.9 Å². The van der Waals surface area contributed by atoms with Gasteiger partial charge in [0, 0.05) is 25.5 Å². The quantitative estimate of drug-likeness (QED) is 0.608. The van der Waals surface area contributed by atoms with Gasteiger partial charge in [-0.15, -0.1) is 0 Å². The largest absolute Gasteiger partial charge is 0.349 e. The molecular weight excluding hydrogens is 408 g/mol. The monoisotopic (exact) mass is 450 g/mol. The van der Waals surface area contributed by atoms with Crippen LogP contribution in [0.25, 0.3) is 10.9 Å². The number of hydrogen-bond acceptors (Lipinski definition) is 5. The van der Waals surface area contributed by atoms with Crippen LogP contribution in [0, 0.1) is 5.92 Å². The lowest BCUT2D eigenvalue weighted by atomic mass is 9.88. The van der Waals surface area contributed by atoms with Crippen molar-refractivity contribution in [3.8, 4) is 0 Å². The lowest BCUT2D eigenvalue weighted by Crippen LogP contribution is -2.40. The third-order valence-electron chi connectivity index (χ3n) is 7.57. The minimum absolute atomic E-state index is 0.644. The van der Waals surface area contributed by atoms with Gasteiger partial charge < -0.3 is 20.0 Å². The molecule has 180 valence electrons. The van der Waals surface area contributed by atoms with Crippen LogP contribution in [0.1, 0.15) is 50.5 Å². The smallest absolute Gasteiger partial charge is 0.164 e. The Hall–Kier alpha value is -2.31. The van der Waals surface area contributed by atoms with Crippen LogP contribution < -0.4 is 10.2 Å². The minimum atomic E-state index is 0.644. The third kappa shape index (κ3) is 5.44. The van der Waals surface area contributed by atoms with E-state index in [1.54, 1.807) is 6.20 Å². The van der Waals surface area contributed by atoms with Crippen LogP contribution >= 0.6 is 0 Å². The zero-order valence-corrected chi connectivity index (χ0v) is 20.9. The van der Waals surface area contributed by atoms with Gasteiger partial charge in [0.2, 0.25) is 0 Å². The summed E-state index contributed by atoms with van der Waals surface area (Å²) >= 11 is 0. The Morgan fingerprint density at radius 3 is 2.55 bits per heavy atom. The maximum Gasteiger partial charge on any atom is 0.164 e. The fraction of sp³-hybridized carbons (Fsp3) is 0.593. The van der Waals surface area contributed by atoms with E-state index >= 15 is 0 Å². The second-order valence-electron chi connectivity index (χ2n) is 9.99. The summed E-state index contributed by atoms with van der Waals surface area (Å²) in [7, 11) is 4.30. The zero-order chi connectivity index (χ0) is 23.4. The molecule has 33 heavy (non-hydrogen) atoms. The van der Waals surface area contributed by atoms with Gasteiger partial charge >= 0.3 is 0 Å². The molecule has 1 N–H and O–H groups in total. The molecule has 0 radical (unpaired) electrons.